The van der Waals surface area contributed by atoms with Gasteiger partial charge in [0.1, 0.15) is 0 Å². The Kier molecular flexibility index (Phi) is 3.64. The zero-order valence-corrected chi connectivity index (χ0v) is 14.4. The third-order valence-corrected chi connectivity index (χ3v) is 4.85. The summed E-state index contributed by atoms with van der Waals surface area (Å²) in [5.41, 5.74) is 13.1. The molecule has 3 aromatic rings. The molecule has 1 aromatic heterocycles. The molecule has 0 spiro atoms. The molecule has 25 heavy (non-hydrogen) atoms. The van der Waals surface area contributed by atoms with Crippen LogP contribution in [0.1, 0.15) is 32.9 Å². The number of fused-ring (bicyclic) bond motifs is 2. The van der Waals surface area contributed by atoms with Gasteiger partial charge in [0.15, 0.2) is 0 Å². The molecule has 0 radical (unpaired) electrons. The van der Waals surface area contributed by atoms with Crippen LogP contribution in [0.2, 0.25) is 0 Å². The van der Waals surface area contributed by atoms with Crippen LogP contribution in [0.4, 0.5) is 5.69 Å². The van der Waals surface area contributed by atoms with Crippen LogP contribution in [0.3, 0.4) is 0 Å². The molecular weight excluding hydrogens is 312 g/mol. The van der Waals surface area contributed by atoms with E-state index in [1.807, 2.05) is 49.1 Å². The van der Waals surface area contributed by atoms with E-state index in [2.05, 4.69) is 16.0 Å². The van der Waals surface area contributed by atoms with Gasteiger partial charge in [-0.2, -0.15) is 0 Å². The van der Waals surface area contributed by atoms with Gasteiger partial charge in [-0.3, -0.25) is 4.79 Å². The molecule has 1 aliphatic rings. The number of benzene rings is 2. The summed E-state index contributed by atoms with van der Waals surface area (Å²) in [6, 6.07) is 11.5. The van der Waals surface area contributed by atoms with Crippen LogP contribution in [0.15, 0.2) is 36.4 Å². The Hall–Kier alpha value is -2.95. The van der Waals surface area contributed by atoms with Crippen molar-refractivity contribution in [2.24, 2.45) is 0 Å². The summed E-state index contributed by atoms with van der Waals surface area (Å²) in [5.74, 6) is 0.0232. The van der Waals surface area contributed by atoms with Gasteiger partial charge in [0.2, 0.25) is 0 Å². The summed E-state index contributed by atoms with van der Waals surface area (Å²) < 4.78 is 0. The number of anilines is 1. The molecule has 1 amide bonds. The number of hydrogen-bond acceptors (Lipinski definition) is 4. The topological polar surface area (TPSA) is 72.1 Å². The van der Waals surface area contributed by atoms with Gasteiger partial charge in [-0.25, -0.2) is 9.97 Å². The van der Waals surface area contributed by atoms with Gasteiger partial charge in [-0.1, -0.05) is 6.07 Å². The second kappa shape index (κ2) is 5.84. The first-order valence-corrected chi connectivity index (χ1v) is 8.43. The maximum atomic E-state index is 12.9. The molecule has 0 saturated heterocycles. The predicted molar refractivity (Wildman–Crippen MR) is 98.3 cm³/mol. The summed E-state index contributed by atoms with van der Waals surface area (Å²) >= 11 is 0. The molecule has 1 aliphatic heterocycles. The highest BCUT2D eigenvalue weighted by atomic mass is 16.2. The number of amides is 1. The van der Waals surface area contributed by atoms with E-state index in [1.54, 1.807) is 0 Å². The molecule has 0 saturated carbocycles. The molecule has 0 unspecified atom stereocenters. The fourth-order valence-corrected chi connectivity index (χ4v) is 3.30. The number of rotatable bonds is 1. The Morgan fingerprint density at radius 3 is 2.56 bits per heavy atom. The Morgan fingerprint density at radius 2 is 1.76 bits per heavy atom. The maximum absolute atomic E-state index is 12.9. The predicted octanol–water partition coefficient (Wildman–Crippen LogP) is 3.03. The van der Waals surface area contributed by atoms with Crippen molar-refractivity contribution < 1.29 is 4.79 Å². The lowest BCUT2D eigenvalue weighted by Gasteiger charge is -2.29. The van der Waals surface area contributed by atoms with E-state index < -0.39 is 0 Å². The molecule has 5 heteroatoms. The minimum atomic E-state index is 0.0232. The van der Waals surface area contributed by atoms with Crippen LogP contribution in [0, 0.1) is 13.8 Å². The van der Waals surface area contributed by atoms with Gasteiger partial charge in [0.25, 0.3) is 5.91 Å². The molecular formula is C20H20N4O. The summed E-state index contributed by atoms with van der Waals surface area (Å²) in [6.07, 6.45) is 0.854. The molecule has 126 valence electrons. The second-order valence-corrected chi connectivity index (χ2v) is 6.60. The lowest BCUT2D eigenvalue weighted by atomic mass is 9.98. The number of aryl methyl sites for hydroxylation is 2. The van der Waals surface area contributed by atoms with Gasteiger partial charge in [0, 0.05) is 24.3 Å². The molecule has 0 aliphatic carbocycles. The van der Waals surface area contributed by atoms with Crippen molar-refractivity contribution in [3.05, 3.63) is 64.5 Å². The van der Waals surface area contributed by atoms with Crippen LogP contribution >= 0.6 is 0 Å². The highest BCUT2D eigenvalue weighted by molar-refractivity contribution is 5.97. The Balaban J connectivity index is 1.65. The number of carbonyl (C=O) groups is 1. The van der Waals surface area contributed by atoms with Crippen molar-refractivity contribution in [1.29, 1.82) is 0 Å². The molecule has 4 rings (SSSR count). The normalized spacial score (nSPS) is 13.8. The smallest absolute Gasteiger partial charge is 0.254 e. The first kappa shape index (κ1) is 15.6. The summed E-state index contributed by atoms with van der Waals surface area (Å²) in [5, 5.41) is 0. The zero-order valence-electron chi connectivity index (χ0n) is 14.4. The number of carbonyl (C=O) groups excluding carboxylic acids is 1. The van der Waals surface area contributed by atoms with Gasteiger partial charge in [-0.15, -0.1) is 0 Å². The second-order valence-electron chi connectivity index (χ2n) is 6.60. The van der Waals surface area contributed by atoms with E-state index in [0.717, 1.165) is 40.1 Å². The summed E-state index contributed by atoms with van der Waals surface area (Å²) in [7, 11) is 0. The summed E-state index contributed by atoms with van der Waals surface area (Å²) in [4.78, 5) is 23.9. The van der Waals surface area contributed by atoms with Crippen molar-refractivity contribution in [3.63, 3.8) is 0 Å². The minimum absolute atomic E-state index is 0.0232. The average Bonchev–Trinajstić information content (AvgIpc) is 2.61. The van der Waals surface area contributed by atoms with Crippen molar-refractivity contribution in [2.75, 3.05) is 12.3 Å². The molecule has 0 atom stereocenters. The highest BCUT2D eigenvalue weighted by Crippen LogP contribution is 2.23. The van der Waals surface area contributed by atoms with E-state index in [-0.39, 0.29) is 5.91 Å². The Labute approximate surface area is 146 Å². The fraction of sp³-hybridized carbons (Fsp3) is 0.250. The monoisotopic (exact) mass is 332 g/mol. The number of hydrogen-bond donors (Lipinski definition) is 1. The van der Waals surface area contributed by atoms with Crippen molar-refractivity contribution >= 4 is 22.6 Å². The molecule has 5 nitrogen and oxygen atoms in total. The van der Waals surface area contributed by atoms with E-state index in [9.17, 15) is 4.79 Å². The SMILES string of the molecule is Cc1nc2ccc(C(=O)N3CCc4ccc(N)cc4C3)cc2nc1C. The van der Waals surface area contributed by atoms with Crippen molar-refractivity contribution in [1.82, 2.24) is 14.9 Å². The molecule has 2 heterocycles. The number of nitrogens with two attached hydrogens (primary N) is 1. The first-order chi connectivity index (χ1) is 12.0. The molecule has 2 N–H and O–H groups in total. The number of aromatic nitrogens is 2. The third-order valence-electron chi connectivity index (χ3n) is 4.85. The largest absolute Gasteiger partial charge is 0.399 e. The Morgan fingerprint density at radius 1 is 1.00 bits per heavy atom. The van der Waals surface area contributed by atoms with E-state index in [4.69, 9.17) is 5.73 Å². The average molecular weight is 332 g/mol. The minimum Gasteiger partial charge on any atom is -0.399 e. The lowest BCUT2D eigenvalue weighted by molar-refractivity contribution is 0.0735. The standard InChI is InChI=1S/C20H20N4O/c1-12-13(2)23-19-10-15(4-6-18(19)22-12)20(25)24-8-7-14-3-5-17(21)9-16(14)11-24/h3-6,9-10H,7-8,11,21H2,1-2H3. The van der Waals surface area contributed by atoms with Crippen molar-refractivity contribution in [3.8, 4) is 0 Å². The number of nitrogens with zero attached hydrogens (tertiary/aromatic N) is 3. The fourth-order valence-electron chi connectivity index (χ4n) is 3.30. The van der Waals surface area contributed by atoms with Gasteiger partial charge >= 0.3 is 0 Å². The molecule has 0 fully saturated rings. The van der Waals surface area contributed by atoms with Gasteiger partial charge in [0.05, 0.1) is 22.4 Å². The zero-order chi connectivity index (χ0) is 17.6. The van der Waals surface area contributed by atoms with Crippen LogP contribution in [0.5, 0.6) is 0 Å². The highest BCUT2D eigenvalue weighted by Gasteiger charge is 2.22. The van der Waals surface area contributed by atoms with E-state index in [1.165, 1.54) is 5.56 Å². The van der Waals surface area contributed by atoms with Crippen LogP contribution in [-0.4, -0.2) is 27.3 Å². The summed E-state index contributed by atoms with van der Waals surface area (Å²) in [6.45, 7) is 5.18. The van der Waals surface area contributed by atoms with Crippen molar-refractivity contribution in [2.45, 2.75) is 26.8 Å². The molecule has 2 aromatic carbocycles. The van der Waals surface area contributed by atoms with E-state index >= 15 is 0 Å². The van der Waals surface area contributed by atoms with Crippen LogP contribution in [-0.2, 0) is 13.0 Å². The first-order valence-electron chi connectivity index (χ1n) is 8.43. The van der Waals surface area contributed by atoms with Crippen LogP contribution in [0.25, 0.3) is 11.0 Å². The van der Waals surface area contributed by atoms with Gasteiger partial charge < -0.3 is 10.6 Å². The third kappa shape index (κ3) is 2.82. The Bertz CT molecular complexity index is 996. The number of nitrogen functional groups attached to an aromatic ring is 1. The molecule has 0 bridgehead atoms. The lowest BCUT2D eigenvalue weighted by Crippen LogP contribution is -2.36. The van der Waals surface area contributed by atoms with Crippen LogP contribution < -0.4 is 5.73 Å². The quantitative estimate of drug-likeness (QED) is 0.695. The van der Waals surface area contributed by atoms with E-state index in [0.29, 0.717) is 18.7 Å². The van der Waals surface area contributed by atoms with Gasteiger partial charge in [-0.05, 0) is 61.7 Å². The maximum Gasteiger partial charge on any atom is 0.254 e.